The lowest BCUT2D eigenvalue weighted by atomic mass is 10.1. The summed E-state index contributed by atoms with van der Waals surface area (Å²) in [5, 5.41) is 1.02. The Kier molecular flexibility index (Phi) is 2.63. The second-order valence-electron chi connectivity index (χ2n) is 3.25. The second kappa shape index (κ2) is 4.09. The van der Waals surface area contributed by atoms with E-state index < -0.39 is 0 Å². The predicted octanol–water partition coefficient (Wildman–Crippen LogP) is 1.98. The highest BCUT2D eigenvalue weighted by Crippen LogP contribution is 2.17. The molecule has 0 aliphatic heterocycles. The zero-order valence-corrected chi connectivity index (χ0v) is 8.43. The van der Waals surface area contributed by atoms with Crippen LogP contribution in [0.5, 0.6) is 5.88 Å². The molecule has 3 nitrogen and oxygen atoms in total. The molecule has 0 saturated carbocycles. The summed E-state index contributed by atoms with van der Waals surface area (Å²) < 4.78 is 5.03. The van der Waals surface area contributed by atoms with Gasteiger partial charge in [-0.2, -0.15) is 0 Å². The summed E-state index contributed by atoms with van der Waals surface area (Å²) in [5.41, 5.74) is 1.88. The molecule has 3 heteroatoms. The molecular weight excluding hydrogens is 190 g/mol. The van der Waals surface area contributed by atoms with Crippen LogP contribution in [0.15, 0.2) is 30.3 Å². The molecule has 0 radical (unpaired) electrons. The van der Waals surface area contributed by atoms with Crippen LogP contribution in [0.25, 0.3) is 10.9 Å². The Morgan fingerprint density at radius 1 is 1.33 bits per heavy atom. The summed E-state index contributed by atoms with van der Waals surface area (Å²) in [6.45, 7) is 0. The van der Waals surface area contributed by atoms with Crippen LogP contribution in [0.3, 0.4) is 0 Å². The highest BCUT2D eigenvalue weighted by Gasteiger charge is 1.99. The van der Waals surface area contributed by atoms with Gasteiger partial charge in [-0.25, -0.2) is 4.98 Å². The van der Waals surface area contributed by atoms with E-state index in [1.54, 1.807) is 7.11 Å². The minimum Gasteiger partial charge on any atom is -0.481 e. The number of rotatable bonds is 3. The molecule has 0 amide bonds. The predicted molar refractivity (Wildman–Crippen MR) is 58.1 cm³/mol. The number of fused-ring (bicyclic) bond motifs is 1. The first-order valence-electron chi connectivity index (χ1n) is 4.71. The minimum absolute atomic E-state index is 0.446. The van der Waals surface area contributed by atoms with Gasteiger partial charge in [0.15, 0.2) is 0 Å². The van der Waals surface area contributed by atoms with E-state index in [2.05, 4.69) is 4.98 Å². The molecule has 0 atom stereocenters. The zero-order valence-electron chi connectivity index (χ0n) is 8.43. The maximum atomic E-state index is 10.4. The third-order valence-electron chi connectivity index (χ3n) is 2.26. The first-order valence-corrected chi connectivity index (χ1v) is 4.71. The monoisotopic (exact) mass is 201 g/mol. The van der Waals surface area contributed by atoms with Crippen molar-refractivity contribution in [2.75, 3.05) is 7.11 Å². The molecule has 15 heavy (non-hydrogen) atoms. The lowest BCUT2D eigenvalue weighted by Gasteiger charge is -2.02. The molecule has 0 aliphatic rings. The number of benzene rings is 1. The number of nitrogens with zero attached hydrogens (tertiary/aromatic N) is 1. The Balaban J connectivity index is 2.49. The highest BCUT2D eigenvalue weighted by molar-refractivity contribution is 5.80. The molecule has 0 bridgehead atoms. The number of aldehydes is 1. The van der Waals surface area contributed by atoms with Gasteiger partial charge in [-0.15, -0.1) is 0 Å². The Morgan fingerprint density at radius 3 is 2.93 bits per heavy atom. The lowest BCUT2D eigenvalue weighted by Crippen LogP contribution is -1.90. The smallest absolute Gasteiger partial charge is 0.213 e. The van der Waals surface area contributed by atoms with Gasteiger partial charge in [0.05, 0.1) is 12.6 Å². The number of methoxy groups -OCH3 is 1. The number of hydrogen-bond donors (Lipinski definition) is 0. The Morgan fingerprint density at radius 2 is 2.20 bits per heavy atom. The second-order valence-corrected chi connectivity index (χ2v) is 3.25. The summed E-state index contributed by atoms with van der Waals surface area (Å²) in [4.78, 5) is 14.7. The fourth-order valence-electron chi connectivity index (χ4n) is 1.49. The van der Waals surface area contributed by atoms with Crippen molar-refractivity contribution in [2.24, 2.45) is 0 Å². The van der Waals surface area contributed by atoms with Gasteiger partial charge in [-0.1, -0.05) is 6.07 Å². The number of carbonyl (C=O) groups is 1. The molecule has 0 saturated heterocycles. The molecule has 1 aromatic heterocycles. The standard InChI is InChI=1S/C12H11NO2/c1-15-12-5-3-10-8-9(6-7-14)2-4-11(10)13-12/h2-5,7-8H,6H2,1H3. The average Bonchev–Trinajstić information content (AvgIpc) is 2.29. The number of hydrogen-bond acceptors (Lipinski definition) is 3. The van der Waals surface area contributed by atoms with Crippen LogP contribution >= 0.6 is 0 Å². The Bertz CT molecular complexity index is 494. The molecule has 2 rings (SSSR count). The van der Waals surface area contributed by atoms with Crippen LogP contribution in [0, 0.1) is 0 Å². The van der Waals surface area contributed by atoms with Crippen LogP contribution < -0.4 is 4.74 Å². The van der Waals surface area contributed by atoms with E-state index in [9.17, 15) is 4.79 Å². The number of pyridine rings is 1. The van der Waals surface area contributed by atoms with E-state index in [1.807, 2.05) is 30.3 Å². The normalized spacial score (nSPS) is 10.2. The molecular formula is C12H11NO2. The van der Waals surface area contributed by atoms with Crippen molar-refractivity contribution in [2.45, 2.75) is 6.42 Å². The number of aromatic nitrogens is 1. The van der Waals surface area contributed by atoms with Gasteiger partial charge < -0.3 is 9.53 Å². The van der Waals surface area contributed by atoms with Crippen molar-refractivity contribution in [3.05, 3.63) is 35.9 Å². The summed E-state index contributed by atoms with van der Waals surface area (Å²) in [6.07, 6.45) is 1.35. The van der Waals surface area contributed by atoms with Crippen LogP contribution in [-0.4, -0.2) is 18.4 Å². The summed E-state index contributed by atoms with van der Waals surface area (Å²) in [7, 11) is 1.59. The molecule has 1 aromatic carbocycles. The van der Waals surface area contributed by atoms with Crippen molar-refractivity contribution >= 4 is 17.2 Å². The molecule has 1 heterocycles. The van der Waals surface area contributed by atoms with E-state index in [0.29, 0.717) is 12.3 Å². The van der Waals surface area contributed by atoms with Gasteiger partial charge in [0.25, 0.3) is 0 Å². The van der Waals surface area contributed by atoms with Gasteiger partial charge in [0.1, 0.15) is 6.29 Å². The number of carbonyl (C=O) groups excluding carboxylic acids is 1. The molecule has 2 aromatic rings. The van der Waals surface area contributed by atoms with E-state index in [4.69, 9.17) is 4.74 Å². The first-order chi connectivity index (χ1) is 7.33. The van der Waals surface area contributed by atoms with Crippen molar-refractivity contribution in [1.29, 1.82) is 0 Å². The van der Waals surface area contributed by atoms with Crippen molar-refractivity contribution < 1.29 is 9.53 Å². The quantitative estimate of drug-likeness (QED) is 0.713. The van der Waals surface area contributed by atoms with Crippen molar-refractivity contribution in [1.82, 2.24) is 4.98 Å². The first kappa shape index (κ1) is 9.65. The minimum atomic E-state index is 0.446. The van der Waals surface area contributed by atoms with E-state index in [1.165, 1.54) is 0 Å². The fourth-order valence-corrected chi connectivity index (χ4v) is 1.49. The van der Waals surface area contributed by atoms with Crippen LogP contribution in [-0.2, 0) is 11.2 Å². The largest absolute Gasteiger partial charge is 0.481 e. The molecule has 0 fully saturated rings. The van der Waals surface area contributed by atoms with Crippen LogP contribution in [0.2, 0.25) is 0 Å². The van der Waals surface area contributed by atoms with Gasteiger partial charge in [-0.05, 0) is 23.8 Å². The summed E-state index contributed by atoms with van der Waals surface area (Å²) in [5.74, 6) is 0.602. The molecule has 0 N–H and O–H groups in total. The third-order valence-corrected chi connectivity index (χ3v) is 2.26. The molecule has 0 spiro atoms. The van der Waals surface area contributed by atoms with E-state index in [-0.39, 0.29) is 0 Å². The summed E-state index contributed by atoms with van der Waals surface area (Å²) in [6, 6.07) is 9.53. The average molecular weight is 201 g/mol. The van der Waals surface area contributed by atoms with Crippen LogP contribution in [0.4, 0.5) is 0 Å². The zero-order chi connectivity index (χ0) is 10.7. The number of ether oxygens (including phenoxy) is 1. The Hall–Kier alpha value is -1.90. The third kappa shape index (κ3) is 1.96. The van der Waals surface area contributed by atoms with Gasteiger partial charge in [0, 0.05) is 17.9 Å². The SMILES string of the molecule is COc1ccc2cc(CC=O)ccc2n1. The maximum Gasteiger partial charge on any atom is 0.213 e. The van der Waals surface area contributed by atoms with Gasteiger partial charge in [-0.3, -0.25) is 0 Å². The highest BCUT2D eigenvalue weighted by atomic mass is 16.5. The fraction of sp³-hybridized carbons (Fsp3) is 0.167. The molecule has 76 valence electrons. The Labute approximate surface area is 87.7 Å². The molecule has 0 unspecified atom stereocenters. The summed E-state index contributed by atoms with van der Waals surface area (Å²) >= 11 is 0. The van der Waals surface area contributed by atoms with E-state index in [0.717, 1.165) is 22.8 Å². The van der Waals surface area contributed by atoms with Gasteiger partial charge >= 0.3 is 0 Å². The van der Waals surface area contributed by atoms with Crippen molar-refractivity contribution in [3.8, 4) is 5.88 Å². The van der Waals surface area contributed by atoms with Crippen molar-refractivity contribution in [3.63, 3.8) is 0 Å². The topological polar surface area (TPSA) is 39.2 Å². The van der Waals surface area contributed by atoms with E-state index >= 15 is 0 Å². The molecule has 0 aliphatic carbocycles. The van der Waals surface area contributed by atoms with Crippen LogP contribution in [0.1, 0.15) is 5.56 Å². The lowest BCUT2D eigenvalue weighted by molar-refractivity contribution is -0.107. The maximum absolute atomic E-state index is 10.4. The van der Waals surface area contributed by atoms with Gasteiger partial charge in [0.2, 0.25) is 5.88 Å².